The Morgan fingerprint density at radius 2 is 1.77 bits per heavy atom. The molecule has 1 aromatic rings. The number of hydrogen-bond donors (Lipinski definition) is 0. The first-order chi connectivity index (χ1) is 14.7. The molecule has 1 aromatic carbocycles. The highest BCUT2D eigenvalue weighted by molar-refractivity contribution is 5.93. The van der Waals surface area contributed by atoms with Crippen LogP contribution in [0.2, 0.25) is 0 Å². The molecule has 0 radical (unpaired) electrons. The molecular formula is C28H34O3. The summed E-state index contributed by atoms with van der Waals surface area (Å²) in [5, 5.41) is 0. The highest BCUT2D eigenvalue weighted by Gasteiger charge is 2.26. The van der Waals surface area contributed by atoms with E-state index in [9.17, 15) is 9.59 Å². The van der Waals surface area contributed by atoms with Crippen LogP contribution in [0.1, 0.15) is 59.4 Å². The molecule has 0 heterocycles. The van der Waals surface area contributed by atoms with Crippen molar-refractivity contribution in [1.29, 1.82) is 0 Å². The van der Waals surface area contributed by atoms with E-state index in [0.717, 1.165) is 16.7 Å². The van der Waals surface area contributed by atoms with Gasteiger partial charge in [0.15, 0.2) is 0 Å². The van der Waals surface area contributed by atoms with Gasteiger partial charge < -0.3 is 4.74 Å². The third-order valence-corrected chi connectivity index (χ3v) is 5.52. The Kier molecular flexibility index (Phi) is 8.99. The fourth-order valence-electron chi connectivity index (χ4n) is 3.81. The van der Waals surface area contributed by atoms with Crippen LogP contribution in [0.25, 0.3) is 0 Å². The van der Waals surface area contributed by atoms with Crippen molar-refractivity contribution >= 4 is 11.9 Å². The zero-order valence-corrected chi connectivity index (χ0v) is 19.4. The van der Waals surface area contributed by atoms with Crippen molar-refractivity contribution in [3.8, 4) is 0 Å². The number of esters is 2. The monoisotopic (exact) mass is 418 g/mol. The number of ether oxygens (including phenoxy) is 1. The van der Waals surface area contributed by atoms with Gasteiger partial charge in [0.1, 0.15) is 0 Å². The zero-order chi connectivity index (χ0) is 22.9. The minimum atomic E-state index is -0.648. The van der Waals surface area contributed by atoms with Gasteiger partial charge in [-0.25, -0.2) is 4.79 Å². The standard InChI is InChI=1S/C28H34O3/c1-21(16-17-25-23(3)13-10-18-28(25,4)5)11-9-12-22(2)19-26(29)31-27(30)20-24-14-7-6-8-15-24/h6-9,11-12,14-17,19H,10,13,18,20H2,1-5H3/b12-9+,17-16+,21-11+,22-19+. The van der Waals surface area contributed by atoms with Crippen molar-refractivity contribution in [2.75, 3.05) is 0 Å². The van der Waals surface area contributed by atoms with E-state index in [2.05, 4.69) is 39.8 Å². The predicted octanol–water partition coefficient (Wildman–Crippen LogP) is 6.83. The molecule has 0 aromatic heterocycles. The van der Waals surface area contributed by atoms with Crippen LogP contribution in [0.15, 0.2) is 89.1 Å². The lowest BCUT2D eigenvalue weighted by Crippen LogP contribution is -2.19. The lowest BCUT2D eigenvalue weighted by molar-refractivity contribution is -0.155. The average molecular weight is 419 g/mol. The minimum absolute atomic E-state index is 0.0797. The van der Waals surface area contributed by atoms with Gasteiger partial charge in [0, 0.05) is 6.08 Å². The second kappa shape index (κ2) is 11.5. The third kappa shape index (κ3) is 8.37. The lowest BCUT2D eigenvalue weighted by atomic mass is 9.72. The largest absolute Gasteiger partial charge is 0.390 e. The molecule has 0 N–H and O–H groups in total. The van der Waals surface area contributed by atoms with Gasteiger partial charge in [-0.15, -0.1) is 0 Å². The maximum absolute atomic E-state index is 11.9. The number of allylic oxidation sites excluding steroid dienone is 9. The number of rotatable bonds is 7. The molecule has 3 heteroatoms. The molecule has 3 nitrogen and oxygen atoms in total. The highest BCUT2D eigenvalue weighted by Crippen LogP contribution is 2.40. The van der Waals surface area contributed by atoms with Crippen LogP contribution >= 0.6 is 0 Å². The first-order valence-electron chi connectivity index (χ1n) is 10.9. The molecule has 0 fully saturated rings. The summed E-state index contributed by atoms with van der Waals surface area (Å²) in [6, 6.07) is 9.22. The van der Waals surface area contributed by atoms with E-state index < -0.39 is 11.9 Å². The van der Waals surface area contributed by atoms with Crippen LogP contribution in [0.5, 0.6) is 0 Å². The Labute approximate surface area is 186 Å². The Hall–Kier alpha value is -2.94. The second-order valence-electron chi connectivity index (χ2n) is 8.88. The van der Waals surface area contributed by atoms with Gasteiger partial charge in [-0.2, -0.15) is 0 Å². The van der Waals surface area contributed by atoms with Gasteiger partial charge in [-0.05, 0) is 62.2 Å². The molecule has 0 amide bonds. The van der Waals surface area contributed by atoms with E-state index in [0.29, 0.717) is 0 Å². The van der Waals surface area contributed by atoms with Gasteiger partial charge in [0.25, 0.3) is 0 Å². The number of carbonyl (C=O) groups is 2. The Morgan fingerprint density at radius 3 is 2.45 bits per heavy atom. The topological polar surface area (TPSA) is 43.4 Å². The maximum atomic E-state index is 11.9. The SMILES string of the molecule is CC1=C(/C=C/C(C)=C/C=C/C(C)=C/C(=O)OC(=O)Cc2ccccc2)C(C)(C)CCC1. The van der Waals surface area contributed by atoms with Gasteiger partial charge in [-0.3, -0.25) is 4.79 Å². The van der Waals surface area contributed by atoms with E-state index >= 15 is 0 Å². The van der Waals surface area contributed by atoms with Crippen LogP contribution in [-0.2, 0) is 20.7 Å². The molecule has 1 aliphatic rings. The summed E-state index contributed by atoms with van der Waals surface area (Å²) in [6.45, 7) is 10.7. The Bertz CT molecular complexity index is 938. The number of benzene rings is 1. The summed E-state index contributed by atoms with van der Waals surface area (Å²) in [5.74, 6) is -1.20. The van der Waals surface area contributed by atoms with Gasteiger partial charge in [0.2, 0.25) is 0 Å². The molecule has 1 aliphatic carbocycles. The number of carbonyl (C=O) groups excluding carboxylic acids is 2. The Balaban J connectivity index is 1.90. The normalized spacial score (nSPS) is 17.5. The van der Waals surface area contributed by atoms with Crippen LogP contribution in [0.3, 0.4) is 0 Å². The fourth-order valence-corrected chi connectivity index (χ4v) is 3.81. The molecule has 2 rings (SSSR count). The summed E-state index contributed by atoms with van der Waals surface area (Å²) in [6.07, 6.45) is 15.2. The average Bonchev–Trinajstić information content (AvgIpc) is 2.67. The minimum Gasteiger partial charge on any atom is -0.390 e. The molecule has 0 spiro atoms. The molecule has 164 valence electrons. The summed E-state index contributed by atoms with van der Waals surface area (Å²) in [7, 11) is 0. The fraction of sp³-hybridized carbons (Fsp3) is 0.357. The van der Waals surface area contributed by atoms with Gasteiger partial charge in [-0.1, -0.05) is 85.7 Å². The molecule has 31 heavy (non-hydrogen) atoms. The maximum Gasteiger partial charge on any atom is 0.338 e. The first kappa shape index (κ1) is 24.3. The summed E-state index contributed by atoms with van der Waals surface area (Å²) in [4.78, 5) is 23.8. The molecule has 0 unspecified atom stereocenters. The van der Waals surface area contributed by atoms with E-state index in [1.807, 2.05) is 48.6 Å². The second-order valence-corrected chi connectivity index (χ2v) is 8.88. The summed E-state index contributed by atoms with van der Waals surface area (Å²) < 4.78 is 4.87. The molecule has 0 saturated carbocycles. The van der Waals surface area contributed by atoms with Crippen molar-refractivity contribution in [1.82, 2.24) is 0 Å². The molecular weight excluding hydrogens is 384 g/mol. The molecule has 0 saturated heterocycles. The zero-order valence-electron chi connectivity index (χ0n) is 19.4. The smallest absolute Gasteiger partial charge is 0.338 e. The molecule has 0 bridgehead atoms. The first-order valence-corrected chi connectivity index (χ1v) is 10.9. The van der Waals surface area contributed by atoms with E-state index in [4.69, 9.17) is 4.74 Å². The Morgan fingerprint density at radius 1 is 1.06 bits per heavy atom. The third-order valence-electron chi connectivity index (χ3n) is 5.52. The van der Waals surface area contributed by atoms with Gasteiger partial charge in [0.05, 0.1) is 6.42 Å². The van der Waals surface area contributed by atoms with Crippen LogP contribution in [0.4, 0.5) is 0 Å². The molecule has 0 aliphatic heterocycles. The van der Waals surface area contributed by atoms with Gasteiger partial charge >= 0.3 is 11.9 Å². The van der Waals surface area contributed by atoms with Crippen molar-refractivity contribution in [3.63, 3.8) is 0 Å². The lowest BCUT2D eigenvalue weighted by Gasteiger charge is -2.32. The van der Waals surface area contributed by atoms with E-state index in [-0.39, 0.29) is 11.8 Å². The molecule has 0 atom stereocenters. The number of hydrogen-bond acceptors (Lipinski definition) is 3. The van der Waals surface area contributed by atoms with Crippen molar-refractivity contribution in [2.45, 2.75) is 60.3 Å². The van der Waals surface area contributed by atoms with Crippen LogP contribution in [0, 0.1) is 5.41 Å². The van der Waals surface area contributed by atoms with Crippen molar-refractivity contribution in [3.05, 3.63) is 94.6 Å². The van der Waals surface area contributed by atoms with Crippen LogP contribution < -0.4 is 0 Å². The van der Waals surface area contributed by atoms with E-state index in [1.54, 1.807) is 6.92 Å². The van der Waals surface area contributed by atoms with Crippen molar-refractivity contribution < 1.29 is 14.3 Å². The van der Waals surface area contributed by atoms with Crippen LogP contribution in [-0.4, -0.2) is 11.9 Å². The van der Waals surface area contributed by atoms with Crippen molar-refractivity contribution in [2.24, 2.45) is 5.41 Å². The summed E-state index contributed by atoms with van der Waals surface area (Å²) in [5.41, 5.74) is 5.82. The highest BCUT2D eigenvalue weighted by atomic mass is 16.6. The van der Waals surface area contributed by atoms with E-state index in [1.165, 1.54) is 36.5 Å². The quantitative estimate of drug-likeness (QED) is 0.211. The predicted molar refractivity (Wildman–Crippen MR) is 127 cm³/mol. The summed E-state index contributed by atoms with van der Waals surface area (Å²) >= 11 is 0.